The van der Waals surface area contributed by atoms with E-state index in [2.05, 4.69) is 0 Å². The molecule has 0 N–H and O–H groups in total. The van der Waals surface area contributed by atoms with Crippen LogP contribution in [-0.4, -0.2) is 27.4 Å². The molecule has 0 unspecified atom stereocenters. The number of thiophene rings is 1. The summed E-state index contributed by atoms with van der Waals surface area (Å²) in [7, 11) is 0. The number of benzene rings is 1. The lowest BCUT2D eigenvalue weighted by Crippen LogP contribution is -2.33. The molecule has 1 aliphatic heterocycles. The fourth-order valence-electron chi connectivity index (χ4n) is 3.63. The maximum atomic E-state index is 13.0. The summed E-state index contributed by atoms with van der Waals surface area (Å²) >= 11 is 1.56. The van der Waals surface area contributed by atoms with E-state index in [1.807, 2.05) is 29.1 Å². The SMILES string of the molecule is O=C(ON1C(=O)c2ccccc2C1=O)c1c(-n2cccc2)sc2c1CCC2. The maximum Gasteiger partial charge on any atom is 0.367 e. The van der Waals surface area contributed by atoms with Crippen molar-refractivity contribution in [3.63, 3.8) is 0 Å². The predicted octanol–water partition coefficient (Wildman–Crippen LogP) is 3.40. The van der Waals surface area contributed by atoms with Crippen molar-refractivity contribution < 1.29 is 19.2 Å². The molecule has 0 saturated heterocycles. The summed E-state index contributed by atoms with van der Waals surface area (Å²) in [6.45, 7) is 0. The largest absolute Gasteiger partial charge is 0.367 e. The number of carbonyl (C=O) groups is 3. The Kier molecular flexibility index (Phi) is 3.51. The van der Waals surface area contributed by atoms with Crippen LogP contribution >= 0.6 is 11.3 Å². The van der Waals surface area contributed by atoms with Crippen LogP contribution in [0.15, 0.2) is 48.8 Å². The van der Waals surface area contributed by atoms with Crippen molar-refractivity contribution in [1.29, 1.82) is 0 Å². The van der Waals surface area contributed by atoms with Gasteiger partial charge in [-0.05, 0) is 49.1 Å². The molecule has 2 aromatic heterocycles. The Morgan fingerprint density at radius 2 is 1.63 bits per heavy atom. The molecular weight excluding hydrogens is 364 g/mol. The number of nitrogens with zero attached hydrogens (tertiary/aromatic N) is 2. The fourth-order valence-corrected chi connectivity index (χ4v) is 4.97. The zero-order chi connectivity index (χ0) is 18.5. The van der Waals surface area contributed by atoms with E-state index in [9.17, 15) is 14.4 Å². The summed E-state index contributed by atoms with van der Waals surface area (Å²) in [5.74, 6) is -1.90. The highest BCUT2D eigenvalue weighted by Crippen LogP contribution is 2.38. The molecule has 2 aliphatic rings. The van der Waals surface area contributed by atoms with Gasteiger partial charge in [-0.1, -0.05) is 17.2 Å². The van der Waals surface area contributed by atoms with Gasteiger partial charge < -0.3 is 9.40 Å². The number of hydrogen-bond acceptors (Lipinski definition) is 5. The molecule has 6 nitrogen and oxygen atoms in total. The molecular formula is C20H14N2O4S. The van der Waals surface area contributed by atoms with Crippen LogP contribution < -0.4 is 0 Å². The molecule has 7 heteroatoms. The number of amides is 2. The zero-order valence-corrected chi connectivity index (χ0v) is 15.0. The molecule has 2 amide bonds. The number of fused-ring (bicyclic) bond motifs is 2. The first-order chi connectivity index (χ1) is 13.1. The van der Waals surface area contributed by atoms with Gasteiger partial charge in [0.2, 0.25) is 0 Å². The molecule has 0 saturated carbocycles. The van der Waals surface area contributed by atoms with Gasteiger partial charge in [-0.15, -0.1) is 11.3 Å². The van der Waals surface area contributed by atoms with Gasteiger partial charge in [-0.25, -0.2) is 4.79 Å². The Morgan fingerprint density at radius 3 is 2.30 bits per heavy atom. The summed E-state index contributed by atoms with van der Waals surface area (Å²) in [4.78, 5) is 44.4. The van der Waals surface area contributed by atoms with Gasteiger partial charge in [-0.3, -0.25) is 9.59 Å². The molecule has 27 heavy (non-hydrogen) atoms. The highest BCUT2D eigenvalue weighted by Gasteiger charge is 2.40. The Balaban J connectivity index is 1.51. The lowest BCUT2D eigenvalue weighted by Gasteiger charge is -2.14. The van der Waals surface area contributed by atoms with Crippen molar-refractivity contribution >= 4 is 29.1 Å². The summed E-state index contributed by atoms with van der Waals surface area (Å²) < 4.78 is 1.86. The van der Waals surface area contributed by atoms with Gasteiger partial charge in [0, 0.05) is 17.3 Å². The topological polar surface area (TPSA) is 68.6 Å². The van der Waals surface area contributed by atoms with Gasteiger partial charge in [0.25, 0.3) is 11.8 Å². The van der Waals surface area contributed by atoms with E-state index >= 15 is 0 Å². The van der Waals surface area contributed by atoms with Crippen LogP contribution in [0.25, 0.3) is 5.00 Å². The first-order valence-electron chi connectivity index (χ1n) is 8.63. The molecule has 5 rings (SSSR count). The third-order valence-corrected chi connectivity index (χ3v) is 6.18. The van der Waals surface area contributed by atoms with Crippen LogP contribution in [-0.2, 0) is 17.7 Å². The number of aromatic nitrogens is 1. The average molecular weight is 378 g/mol. The monoisotopic (exact) mass is 378 g/mol. The van der Waals surface area contributed by atoms with E-state index < -0.39 is 17.8 Å². The van der Waals surface area contributed by atoms with Crippen molar-refractivity contribution in [1.82, 2.24) is 9.63 Å². The lowest BCUT2D eigenvalue weighted by molar-refractivity contribution is -0.0584. The molecule has 0 fully saturated rings. The molecule has 1 aromatic carbocycles. The van der Waals surface area contributed by atoms with E-state index in [0.29, 0.717) is 10.6 Å². The Morgan fingerprint density at radius 1 is 0.963 bits per heavy atom. The number of aryl methyl sites for hydroxylation is 1. The van der Waals surface area contributed by atoms with Crippen LogP contribution in [0.1, 0.15) is 47.9 Å². The minimum Gasteiger partial charge on any atom is -0.324 e. The Bertz CT molecular complexity index is 1060. The quantitative estimate of drug-likeness (QED) is 0.655. The van der Waals surface area contributed by atoms with Crippen LogP contribution in [0.4, 0.5) is 0 Å². The molecule has 0 spiro atoms. The summed E-state index contributed by atoms with van der Waals surface area (Å²) in [5.41, 5.74) is 1.90. The standard InChI is InChI=1S/C20H14N2O4S/c23-17-12-6-1-2-7-13(12)18(24)22(17)26-20(25)16-14-8-5-9-15(14)27-19(16)21-10-3-4-11-21/h1-4,6-7,10-11H,5,8-9H2. The minimum atomic E-state index is -0.674. The molecule has 0 bridgehead atoms. The lowest BCUT2D eigenvalue weighted by atomic mass is 10.1. The Hall–Kier alpha value is -3.19. The molecule has 3 heterocycles. The maximum absolute atomic E-state index is 13.0. The van der Waals surface area contributed by atoms with Crippen molar-refractivity contribution in [2.75, 3.05) is 0 Å². The Labute approximate surface area is 158 Å². The number of imide groups is 1. The van der Waals surface area contributed by atoms with Gasteiger partial charge in [-0.2, -0.15) is 0 Å². The van der Waals surface area contributed by atoms with Crippen LogP contribution in [0.5, 0.6) is 0 Å². The minimum absolute atomic E-state index is 0.247. The highest BCUT2D eigenvalue weighted by molar-refractivity contribution is 7.15. The number of hydroxylamine groups is 2. The second-order valence-corrected chi connectivity index (χ2v) is 7.54. The second kappa shape index (κ2) is 5.92. The summed E-state index contributed by atoms with van der Waals surface area (Å²) in [5, 5.41) is 1.33. The number of rotatable bonds is 3. The van der Waals surface area contributed by atoms with E-state index in [-0.39, 0.29) is 11.1 Å². The molecule has 3 aromatic rings. The number of hydrogen-bond donors (Lipinski definition) is 0. The molecule has 0 atom stereocenters. The average Bonchev–Trinajstić information content (AvgIpc) is 3.43. The smallest absolute Gasteiger partial charge is 0.324 e. The zero-order valence-electron chi connectivity index (χ0n) is 14.2. The second-order valence-electron chi connectivity index (χ2n) is 6.46. The summed E-state index contributed by atoms with van der Waals surface area (Å²) in [6, 6.07) is 10.2. The van der Waals surface area contributed by atoms with Gasteiger partial charge in [0.05, 0.1) is 11.1 Å². The highest BCUT2D eigenvalue weighted by atomic mass is 32.1. The fraction of sp³-hybridized carbons (Fsp3) is 0.150. The predicted molar refractivity (Wildman–Crippen MR) is 98.0 cm³/mol. The normalized spacial score (nSPS) is 15.2. The first kappa shape index (κ1) is 16.0. The van der Waals surface area contributed by atoms with E-state index in [1.54, 1.807) is 35.6 Å². The molecule has 134 valence electrons. The van der Waals surface area contributed by atoms with Crippen molar-refractivity contribution in [2.24, 2.45) is 0 Å². The number of carbonyl (C=O) groups excluding carboxylic acids is 3. The molecule has 1 aliphatic carbocycles. The van der Waals surface area contributed by atoms with Gasteiger partial charge in [0.1, 0.15) is 10.6 Å². The van der Waals surface area contributed by atoms with E-state index in [0.717, 1.165) is 34.7 Å². The van der Waals surface area contributed by atoms with E-state index in [1.165, 1.54) is 0 Å². The summed E-state index contributed by atoms with van der Waals surface area (Å²) in [6.07, 6.45) is 6.42. The van der Waals surface area contributed by atoms with Crippen LogP contribution in [0, 0.1) is 0 Å². The molecule has 0 radical (unpaired) electrons. The third kappa shape index (κ3) is 2.35. The van der Waals surface area contributed by atoms with Crippen molar-refractivity contribution in [3.8, 4) is 5.00 Å². The van der Waals surface area contributed by atoms with Crippen LogP contribution in [0.3, 0.4) is 0 Å². The first-order valence-corrected chi connectivity index (χ1v) is 9.45. The van der Waals surface area contributed by atoms with E-state index in [4.69, 9.17) is 4.84 Å². The van der Waals surface area contributed by atoms with Gasteiger partial charge in [0.15, 0.2) is 0 Å². The van der Waals surface area contributed by atoms with Crippen LogP contribution in [0.2, 0.25) is 0 Å². The van der Waals surface area contributed by atoms with Crippen molar-refractivity contribution in [3.05, 3.63) is 75.9 Å². The third-order valence-electron chi connectivity index (χ3n) is 4.88. The van der Waals surface area contributed by atoms with Gasteiger partial charge >= 0.3 is 5.97 Å². The van der Waals surface area contributed by atoms with Crippen molar-refractivity contribution in [2.45, 2.75) is 19.3 Å².